The number of rotatable bonds is 6. The topological polar surface area (TPSA) is 54.4 Å². The summed E-state index contributed by atoms with van der Waals surface area (Å²) in [5, 5.41) is 12.1. The molecule has 1 rings (SSSR count). The van der Waals surface area contributed by atoms with Crippen LogP contribution in [0.4, 0.5) is 5.82 Å². The maximum Gasteiger partial charge on any atom is 0.126 e. The summed E-state index contributed by atoms with van der Waals surface area (Å²) in [5.74, 6) is 0.825. The molecule has 1 heterocycles. The molecular formula is C11H18N2O2. The number of aliphatic hydroxyl groups excluding tert-OH is 1. The van der Waals surface area contributed by atoms with Gasteiger partial charge in [-0.1, -0.05) is 0 Å². The van der Waals surface area contributed by atoms with Crippen LogP contribution in [0.3, 0.4) is 0 Å². The van der Waals surface area contributed by atoms with Crippen LogP contribution >= 0.6 is 0 Å². The van der Waals surface area contributed by atoms with Gasteiger partial charge in [0.05, 0.1) is 12.6 Å². The number of aromatic nitrogens is 1. The van der Waals surface area contributed by atoms with E-state index in [1.165, 1.54) is 0 Å². The number of nitrogens with zero attached hydrogens (tertiary/aromatic N) is 1. The van der Waals surface area contributed by atoms with Gasteiger partial charge in [-0.05, 0) is 31.0 Å². The lowest BCUT2D eigenvalue weighted by atomic mass is 10.2. The highest BCUT2D eigenvalue weighted by Gasteiger charge is 2.07. The normalized spacial score (nSPS) is 12.5. The molecule has 0 bridgehead atoms. The lowest BCUT2D eigenvalue weighted by Gasteiger charge is -2.17. The fraction of sp³-hybridized carbons (Fsp3) is 0.545. The Morgan fingerprint density at radius 1 is 1.60 bits per heavy atom. The van der Waals surface area contributed by atoms with E-state index in [4.69, 9.17) is 9.84 Å². The summed E-state index contributed by atoms with van der Waals surface area (Å²) in [5.41, 5.74) is 1.16. The van der Waals surface area contributed by atoms with Gasteiger partial charge in [0.25, 0.3) is 0 Å². The van der Waals surface area contributed by atoms with Crippen LogP contribution in [0.1, 0.15) is 12.0 Å². The minimum absolute atomic E-state index is 0.106. The molecule has 1 unspecified atom stereocenters. The summed E-state index contributed by atoms with van der Waals surface area (Å²) in [6.45, 7) is 2.73. The molecule has 0 aromatic carbocycles. The number of methoxy groups -OCH3 is 1. The highest BCUT2D eigenvalue weighted by molar-refractivity contribution is 5.37. The first-order chi connectivity index (χ1) is 7.26. The molecular weight excluding hydrogens is 192 g/mol. The van der Waals surface area contributed by atoms with Crippen molar-refractivity contribution in [2.75, 3.05) is 25.6 Å². The molecule has 0 aliphatic rings. The first-order valence-corrected chi connectivity index (χ1v) is 5.05. The van der Waals surface area contributed by atoms with Crippen molar-refractivity contribution in [1.29, 1.82) is 0 Å². The number of hydrogen-bond donors (Lipinski definition) is 2. The number of aliphatic hydroxyl groups is 1. The van der Waals surface area contributed by atoms with Crippen LogP contribution in [0.2, 0.25) is 0 Å². The van der Waals surface area contributed by atoms with Crippen LogP contribution in [-0.4, -0.2) is 36.5 Å². The smallest absolute Gasteiger partial charge is 0.126 e. The SMILES string of the molecule is COCC(CCO)Nc1cc(C)ccn1. The largest absolute Gasteiger partial charge is 0.396 e. The van der Waals surface area contributed by atoms with E-state index in [2.05, 4.69) is 10.3 Å². The summed E-state index contributed by atoms with van der Waals surface area (Å²) in [4.78, 5) is 4.20. The van der Waals surface area contributed by atoms with Crippen molar-refractivity contribution >= 4 is 5.82 Å². The number of pyridine rings is 1. The molecule has 0 spiro atoms. The molecule has 0 saturated carbocycles. The Bertz CT molecular complexity index is 286. The zero-order valence-corrected chi connectivity index (χ0v) is 9.23. The number of ether oxygens (including phenoxy) is 1. The highest BCUT2D eigenvalue weighted by Crippen LogP contribution is 2.08. The van der Waals surface area contributed by atoms with Gasteiger partial charge in [0.2, 0.25) is 0 Å². The second-order valence-electron chi connectivity index (χ2n) is 3.53. The summed E-state index contributed by atoms with van der Waals surface area (Å²) in [6.07, 6.45) is 2.42. The number of nitrogens with one attached hydrogen (secondary N) is 1. The third-order valence-corrected chi connectivity index (χ3v) is 2.11. The minimum Gasteiger partial charge on any atom is -0.396 e. The fourth-order valence-electron chi connectivity index (χ4n) is 1.38. The molecule has 1 atom stereocenters. The molecule has 1 aromatic rings. The zero-order valence-electron chi connectivity index (χ0n) is 9.23. The molecule has 1 aromatic heterocycles. The summed E-state index contributed by atoms with van der Waals surface area (Å²) >= 11 is 0. The average molecular weight is 210 g/mol. The molecule has 4 nitrogen and oxygen atoms in total. The lowest BCUT2D eigenvalue weighted by molar-refractivity contribution is 0.170. The standard InChI is InChI=1S/C11H18N2O2/c1-9-3-5-12-11(7-9)13-10(4-6-14)8-15-2/h3,5,7,10,14H,4,6,8H2,1-2H3,(H,12,13). The van der Waals surface area contributed by atoms with Gasteiger partial charge in [0.1, 0.15) is 5.82 Å². The van der Waals surface area contributed by atoms with Crippen LogP contribution < -0.4 is 5.32 Å². The van der Waals surface area contributed by atoms with E-state index in [1.807, 2.05) is 19.1 Å². The van der Waals surface area contributed by atoms with Crippen LogP contribution in [0.15, 0.2) is 18.3 Å². The Morgan fingerprint density at radius 2 is 2.40 bits per heavy atom. The second-order valence-corrected chi connectivity index (χ2v) is 3.53. The molecule has 0 fully saturated rings. The van der Waals surface area contributed by atoms with Gasteiger partial charge in [0, 0.05) is 19.9 Å². The molecule has 84 valence electrons. The van der Waals surface area contributed by atoms with Gasteiger partial charge in [-0.25, -0.2) is 4.98 Å². The maximum atomic E-state index is 8.88. The molecule has 15 heavy (non-hydrogen) atoms. The van der Waals surface area contributed by atoms with Gasteiger partial charge >= 0.3 is 0 Å². The number of anilines is 1. The van der Waals surface area contributed by atoms with Gasteiger partial charge < -0.3 is 15.2 Å². The lowest BCUT2D eigenvalue weighted by Crippen LogP contribution is -2.26. The van der Waals surface area contributed by atoms with Crippen LogP contribution in [0, 0.1) is 6.92 Å². The quantitative estimate of drug-likeness (QED) is 0.740. The predicted molar refractivity (Wildman–Crippen MR) is 60.0 cm³/mol. The molecule has 0 aliphatic heterocycles. The zero-order chi connectivity index (χ0) is 11.1. The summed E-state index contributed by atoms with van der Waals surface area (Å²) in [6, 6.07) is 4.03. The van der Waals surface area contributed by atoms with Crippen molar-refractivity contribution in [1.82, 2.24) is 4.98 Å². The predicted octanol–water partition coefficient (Wildman–Crippen LogP) is 1.20. The molecule has 2 N–H and O–H groups in total. The van der Waals surface area contributed by atoms with E-state index in [-0.39, 0.29) is 12.6 Å². The Balaban J connectivity index is 2.56. The molecule has 4 heteroatoms. The van der Waals surface area contributed by atoms with Crippen molar-refractivity contribution in [3.63, 3.8) is 0 Å². The van der Waals surface area contributed by atoms with E-state index in [1.54, 1.807) is 13.3 Å². The maximum absolute atomic E-state index is 8.88. The minimum atomic E-state index is 0.106. The van der Waals surface area contributed by atoms with Crippen molar-refractivity contribution in [2.45, 2.75) is 19.4 Å². The van der Waals surface area contributed by atoms with E-state index in [9.17, 15) is 0 Å². The Kier molecular flexibility index (Phi) is 5.07. The van der Waals surface area contributed by atoms with Crippen molar-refractivity contribution in [3.05, 3.63) is 23.9 Å². The first kappa shape index (κ1) is 11.9. The van der Waals surface area contributed by atoms with E-state index in [0.717, 1.165) is 11.4 Å². The van der Waals surface area contributed by atoms with Crippen molar-refractivity contribution < 1.29 is 9.84 Å². The molecule has 0 saturated heterocycles. The van der Waals surface area contributed by atoms with E-state index >= 15 is 0 Å². The van der Waals surface area contributed by atoms with Gasteiger partial charge in [-0.2, -0.15) is 0 Å². The fourth-order valence-corrected chi connectivity index (χ4v) is 1.38. The van der Waals surface area contributed by atoms with Crippen molar-refractivity contribution in [2.24, 2.45) is 0 Å². The second kappa shape index (κ2) is 6.37. The third-order valence-electron chi connectivity index (χ3n) is 2.11. The molecule has 0 aliphatic carbocycles. The number of hydrogen-bond acceptors (Lipinski definition) is 4. The average Bonchev–Trinajstić information content (AvgIpc) is 2.18. The molecule has 0 amide bonds. The van der Waals surface area contributed by atoms with Gasteiger partial charge in [-0.3, -0.25) is 0 Å². The Labute approximate surface area is 90.3 Å². The Morgan fingerprint density at radius 3 is 3.00 bits per heavy atom. The monoisotopic (exact) mass is 210 g/mol. The Hall–Kier alpha value is -1.13. The van der Waals surface area contributed by atoms with Crippen molar-refractivity contribution in [3.8, 4) is 0 Å². The van der Waals surface area contributed by atoms with Crippen LogP contribution in [0.5, 0.6) is 0 Å². The van der Waals surface area contributed by atoms with Crippen LogP contribution in [-0.2, 0) is 4.74 Å². The van der Waals surface area contributed by atoms with Crippen LogP contribution in [0.25, 0.3) is 0 Å². The summed E-state index contributed by atoms with van der Waals surface area (Å²) in [7, 11) is 1.65. The first-order valence-electron chi connectivity index (χ1n) is 5.05. The number of aryl methyl sites for hydroxylation is 1. The van der Waals surface area contributed by atoms with Gasteiger partial charge in [-0.15, -0.1) is 0 Å². The van der Waals surface area contributed by atoms with Gasteiger partial charge in [0.15, 0.2) is 0 Å². The summed E-state index contributed by atoms with van der Waals surface area (Å²) < 4.78 is 5.06. The molecule has 0 radical (unpaired) electrons. The third kappa shape index (κ3) is 4.27. The van der Waals surface area contributed by atoms with E-state index in [0.29, 0.717) is 13.0 Å². The van der Waals surface area contributed by atoms with E-state index < -0.39 is 0 Å². The highest BCUT2D eigenvalue weighted by atomic mass is 16.5.